The second kappa shape index (κ2) is 5.56. The minimum atomic E-state index is -3.02. The average molecular weight is 323 g/mol. The lowest BCUT2D eigenvalue weighted by molar-refractivity contribution is 0.249. The number of rotatable bonds is 2. The summed E-state index contributed by atoms with van der Waals surface area (Å²) in [5.41, 5.74) is 0.309. The zero-order valence-electron chi connectivity index (χ0n) is 9.82. The Kier molecular flexibility index (Phi) is 4.23. The van der Waals surface area contributed by atoms with Gasteiger partial charge in [-0.25, -0.2) is 13.2 Å². The molecule has 0 aliphatic carbocycles. The Labute approximate surface area is 121 Å². The number of carbonyl (C=O) groups excluding carboxylic acids is 1. The van der Waals surface area contributed by atoms with Gasteiger partial charge >= 0.3 is 6.03 Å². The number of benzene rings is 1. The number of para-hydroxylation sites is 1. The first kappa shape index (κ1) is 14.4. The molecule has 0 aromatic heterocycles. The van der Waals surface area contributed by atoms with E-state index < -0.39 is 15.9 Å². The molecule has 1 heterocycles. The van der Waals surface area contributed by atoms with E-state index in [9.17, 15) is 13.2 Å². The summed E-state index contributed by atoms with van der Waals surface area (Å²) in [7, 11) is -3.02. The van der Waals surface area contributed by atoms with Gasteiger partial charge in [0.25, 0.3) is 0 Å². The van der Waals surface area contributed by atoms with Gasteiger partial charge in [0.05, 0.1) is 27.2 Å². The Morgan fingerprint density at radius 2 is 1.89 bits per heavy atom. The summed E-state index contributed by atoms with van der Waals surface area (Å²) in [5, 5.41) is 5.76. The standard InChI is InChI=1S/C11H12Cl2N2O3S/c12-8-2-1-3-9(13)10(8)15-11(16)14-7-4-5-19(17,18)6-7/h1-3,7H,4-6H2,(H2,14,15,16)/t7-/m1/s1. The van der Waals surface area contributed by atoms with E-state index in [0.717, 1.165) is 0 Å². The van der Waals surface area contributed by atoms with Gasteiger partial charge in [-0.3, -0.25) is 0 Å². The van der Waals surface area contributed by atoms with E-state index in [-0.39, 0.29) is 17.5 Å². The van der Waals surface area contributed by atoms with Crippen LogP contribution in [0, 0.1) is 0 Å². The number of halogens is 2. The van der Waals surface area contributed by atoms with Crippen molar-refractivity contribution >= 4 is 44.8 Å². The van der Waals surface area contributed by atoms with Crippen LogP contribution < -0.4 is 10.6 Å². The molecule has 0 spiro atoms. The lowest BCUT2D eigenvalue weighted by atomic mass is 10.3. The molecule has 0 unspecified atom stereocenters. The van der Waals surface area contributed by atoms with Crippen molar-refractivity contribution in [3.8, 4) is 0 Å². The van der Waals surface area contributed by atoms with Crippen molar-refractivity contribution in [2.24, 2.45) is 0 Å². The van der Waals surface area contributed by atoms with E-state index in [0.29, 0.717) is 22.2 Å². The molecule has 0 radical (unpaired) electrons. The number of hydrogen-bond donors (Lipinski definition) is 2. The monoisotopic (exact) mass is 322 g/mol. The molecule has 19 heavy (non-hydrogen) atoms. The third-order valence-electron chi connectivity index (χ3n) is 2.77. The van der Waals surface area contributed by atoms with Crippen molar-refractivity contribution in [1.82, 2.24) is 5.32 Å². The lowest BCUT2D eigenvalue weighted by Gasteiger charge is -2.13. The zero-order chi connectivity index (χ0) is 14.0. The highest BCUT2D eigenvalue weighted by Crippen LogP contribution is 2.29. The maximum atomic E-state index is 11.7. The van der Waals surface area contributed by atoms with Crippen LogP contribution in [0.2, 0.25) is 10.0 Å². The molecule has 104 valence electrons. The molecule has 1 atom stereocenters. The van der Waals surface area contributed by atoms with Crippen LogP contribution in [0.1, 0.15) is 6.42 Å². The van der Waals surface area contributed by atoms with Crippen molar-refractivity contribution in [1.29, 1.82) is 0 Å². The number of sulfone groups is 1. The van der Waals surface area contributed by atoms with Crippen LogP contribution in [0.15, 0.2) is 18.2 Å². The van der Waals surface area contributed by atoms with E-state index in [2.05, 4.69) is 10.6 Å². The van der Waals surface area contributed by atoms with Gasteiger partial charge in [-0.05, 0) is 18.6 Å². The van der Waals surface area contributed by atoms with Gasteiger partial charge in [0.1, 0.15) is 0 Å². The van der Waals surface area contributed by atoms with E-state index in [1.54, 1.807) is 18.2 Å². The largest absolute Gasteiger partial charge is 0.334 e. The zero-order valence-corrected chi connectivity index (χ0v) is 12.1. The van der Waals surface area contributed by atoms with Gasteiger partial charge in [-0.15, -0.1) is 0 Å². The van der Waals surface area contributed by atoms with Crippen LogP contribution in [0.4, 0.5) is 10.5 Å². The van der Waals surface area contributed by atoms with Crippen molar-refractivity contribution in [2.75, 3.05) is 16.8 Å². The van der Waals surface area contributed by atoms with Crippen molar-refractivity contribution in [2.45, 2.75) is 12.5 Å². The number of hydrogen-bond acceptors (Lipinski definition) is 3. The minimum absolute atomic E-state index is 0.0311. The Morgan fingerprint density at radius 1 is 1.26 bits per heavy atom. The van der Waals surface area contributed by atoms with Gasteiger partial charge in [0.2, 0.25) is 0 Å². The fourth-order valence-electron chi connectivity index (χ4n) is 1.86. The summed E-state index contributed by atoms with van der Waals surface area (Å²) < 4.78 is 22.6. The fraction of sp³-hybridized carbons (Fsp3) is 0.364. The minimum Gasteiger partial charge on any atom is -0.334 e. The first-order valence-corrected chi connectivity index (χ1v) is 8.17. The molecule has 2 rings (SSSR count). The number of nitrogens with one attached hydrogen (secondary N) is 2. The van der Waals surface area contributed by atoms with Gasteiger partial charge in [-0.2, -0.15) is 0 Å². The molecule has 8 heteroatoms. The SMILES string of the molecule is O=C(Nc1c(Cl)cccc1Cl)N[C@@H]1CCS(=O)(=O)C1. The third kappa shape index (κ3) is 3.75. The molecule has 2 amide bonds. The van der Waals surface area contributed by atoms with E-state index >= 15 is 0 Å². The Morgan fingerprint density at radius 3 is 2.42 bits per heavy atom. The summed E-state index contributed by atoms with van der Waals surface area (Å²) in [4.78, 5) is 11.7. The van der Waals surface area contributed by atoms with E-state index in [1.165, 1.54) is 0 Å². The predicted molar refractivity (Wildman–Crippen MR) is 75.7 cm³/mol. The van der Waals surface area contributed by atoms with Crippen molar-refractivity contribution < 1.29 is 13.2 Å². The van der Waals surface area contributed by atoms with Gasteiger partial charge in [-0.1, -0.05) is 29.3 Å². The summed E-state index contributed by atoms with van der Waals surface area (Å²) in [6, 6.07) is 3.98. The summed E-state index contributed by atoms with van der Waals surface area (Å²) in [5.74, 6) is 0.0709. The Hall–Kier alpha value is -0.980. The highest BCUT2D eigenvalue weighted by molar-refractivity contribution is 7.91. The quantitative estimate of drug-likeness (QED) is 0.877. The molecular weight excluding hydrogens is 311 g/mol. The molecular formula is C11H12Cl2N2O3S. The van der Waals surface area contributed by atoms with Crippen molar-refractivity contribution in [3.05, 3.63) is 28.2 Å². The molecule has 1 saturated heterocycles. The Balaban J connectivity index is 1.99. The van der Waals surface area contributed by atoms with Crippen LogP contribution in [-0.2, 0) is 9.84 Å². The molecule has 0 bridgehead atoms. The normalized spacial score (nSPS) is 21.1. The third-order valence-corrected chi connectivity index (χ3v) is 5.17. The highest BCUT2D eigenvalue weighted by atomic mass is 35.5. The number of anilines is 1. The average Bonchev–Trinajstić information content (AvgIpc) is 2.63. The second-order valence-electron chi connectivity index (χ2n) is 4.30. The van der Waals surface area contributed by atoms with Crippen LogP contribution in [-0.4, -0.2) is 32.0 Å². The van der Waals surface area contributed by atoms with E-state index in [4.69, 9.17) is 23.2 Å². The molecule has 1 aromatic rings. The van der Waals surface area contributed by atoms with Gasteiger partial charge < -0.3 is 10.6 Å². The smallest absolute Gasteiger partial charge is 0.319 e. The van der Waals surface area contributed by atoms with Crippen LogP contribution in [0.3, 0.4) is 0 Å². The molecule has 2 N–H and O–H groups in total. The molecule has 0 saturated carbocycles. The van der Waals surface area contributed by atoms with Gasteiger partial charge in [0.15, 0.2) is 9.84 Å². The maximum Gasteiger partial charge on any atom is 0.319 e. The highest BCUT2D eigenvalue weighted by Gasteiger charge is 2.29. The topological polar surface area (TPSA) is 75.3 Å². The second-order valence-corrected chi connectivity index (χ2v) is 7.34. The summed E-state index contributed by atoms with van der Waals surface area (Å²) in [6.45, 7) is 0. The first-order chi connectivity index (χ1) is 8.87. The molecule has 5 nitrogen and oxygen atoms in total. The predicted octanol–water partition coefficient (Wildman–Crippen LogP) is 2.30. The van der Waals surface area contributed by atoms with Crippen LogP contribution in [0.5, 0.6) is 0 Å². The van der Waals surface area contributed by atoms with Crippen LogP contribution >= 0.6 is 23.2 Å². The van der Waals surface area contributed by atoms with Gasteiger partial charge in [0, 0.05) is 6.04 Å². The number of urea groups is 1. The summed E-state index contributed by atoms with van der Waals surface area (Å²) >= 11 is 11.8. The number of amides is 2. The fourth-order valence-corrected chi connectivity index (χ4v) is 4.03. The maximum absolute atomic E-state index is 11.7. The molecule has 1 aromatic carbocycles. The molecule has 1 aliphatic heterocycles. The summed E-state index contributed by atoms with van der Waals surface area (Å²) in [6.07, 6.45) is 0.423. The first-order valence-electron chi connectivity index (χ1n) is 5.59. The Bertz CT molecular complexity index is 584. The molecule has 1 fully saturated rings. The van der Waals surface area contributed by atoms with Crippen molar-refractivity contribution in [3.63, 3.8) is 0 Å². The lowest BCUT2D eigenvalue weighted by Crippen LogP contribution is -2.38. The molecule has 1 aliphatic rings. The number of carbonyl (C=O) groups is 1. The van der Waals surface area contributed by atoms with E-state index in [1.807, 2.05) is 0 Å². The van der Waals surface area contributed by atoms with Crippen LogP contribution in [0.25, 0.3) is 0 Å².